The van der Waals surface area contributed by atoms with Crippen LogP contribution in [0.5, 0.6) is 0 Å². The Kier molecular flexibility index (Phi) is 9.42. The highest BCUT2D eigenvalue weighted by molar-refractivity contribution is 5.86. The van der Waals surface area contributed by atoms with Crippen LogP contribution in [0.25, 0.3) is 0 Å². The first-order valence-corrected chi connectivity index (χ1v) is 9.43. The Balaban J connectivity index is 0.000000375. The van der Waals surface area contributed by atoms with Gasteiger partial charge < -0.3 is 16.2 Å². The van der Waals surface area contributed by atoms with Gasteiger partial charge in [0, 0.05) is 29.3 Å². The highest BCUT2D eigenvalue weighted by Crippen LogP contribution is 2.37. The number of hydrogen-bond acceptors (Lipinski definition) is 3. The van der Waals surface area contributed by atoms with Crippen LogP contribution in [0.15, 0.2) is 42.5 Å². The van der Waals surface area contributed by atoms with Gasteiger partial charge in [0.25, 0.3) is 0 Å². The van der Waals surface area contributed by atoms with Gasteiger partial charge >= 0.3 is 6.18 Å². The van der Waals surface area contributed by atoms with E-state index in [2.05, 4.69) is 0 Å². The lowest BCUT2D eigenvalue weighted by atomic mass is 9.74. The molecule has 2 rings (SSSR count). The maximum atomic E-state index is 12.7. The molecule has 166 valence electrons. The lowest BCUT2D eigenvalue weighted by molar-refractivity contribution is -0.137. The van der Waals surface area contributed by atoms with Gasteiger partial charge in [-0.25, -0.2) is 8.78 Å². The number of nitrogens with one attached hydrogen (secondary N) is 1. The smallest absolute Gasteiger partial charge is 0.398 e. The lowest BCUT2D eigenvalue weighted by Crippen LogP contribution is -2.33. The summed E-state index contributed by atoms with van der Waals surface area (Å²) in [6, 6.07) is 9.71. The summed E-state index contributed by atoms with van der Waals surface area (Å²) in [7, 11) is 0. The van der Waals surface area contributed by atoms with Crippen LogP contribution in [0, 0.1) is 12.3 Å². The first kappa shape index (κ1) is 25.6. The third kappa shape index (κ3) is 6.79. The summed E-state index contributed by atoms with van der Waals surface area (Å²) < 4.78 is 62.9. The van der Waals surface area contributed by atoms with E-state index in [9.17, 15) is 27.1 Å². The molecular formula is C22H27F5N2O. The van der Waals surface area contributed by atoms with E-state index in [0.717, 1.165) is 23.3 Å². The Morgan fingerprint density at radius 3 is 2.00 bits per heavy atom. The van der Waals surface area contributed by atoms with E-state index in [1.807, 2.05) is 19.1 Å². The molecule has 0 aliphatic carbocycles. The zero-order valence-corrected chi connectivity index (χ0v) is 16.9. The van der Waals surface area contributed by atoms with Crippen LogP contribution < -0.4 is 5.73 Å². The SMILES string of the molecule is CCCC(CO)(CC(F)F)c1ccc(C(F)(F)F)cc1.Cc1cccc(N)c1C=N. The van der Waals surface area contributed by atoms with Crippen molar-refractivity contribution in [3.05, 3.63) is 64.7 Å². The minimum absolute atomic E-state index is 0.291. The molecule has 0 aliphatic rings. The lowest BCUT2D eigenvalue weighted by Gasteiger charge is -2.32. The first-order valence-electron chi connectivity index (χ1n) is 9.43. The van der Waals surface area contributed by atoms with E-state index < -0.39 is 36.6 Å². The molecule has 30 heavy (non-hydrogen) atoms. The van der Waals surface area contributed by atoms with Gasteiger partial charge in [-0.3, -0.25) is 0 Å². The summed E-state index contributed by atoms with van der Waals surface area (Å²) in [5, 5.41) is 16.5. The highest BCUT2D eigenvalue weighted by Gasteiger charge is 2.35. The number of nitrogen functional groups attached to an aromatic ring is 1. The van der Waals surface area contributed by atoms with Crippen LogP contribution in [-0.2, 0) is 11.6 Å². The molecule has 0 spiro atoms. The number of anilines is 1. The highest BCUT2D eigenvalue weighted by atomic mass is 19.4. The number of aryl methyl sites for hydroxylation is 1. The normalized spacial score (nSPS) is 13.4. The molecule has 0 saturated carbocycles. The third-order valence-electron chi connectivity index (χ3n) is 4.90. The van der Waals surface area contributed by atoms with Crippen LogP contribution >= 0.6 is 0 Å². The van der Waals surface area contributed by atoms with Crippen molar-refractivity contribution in [2.24, 2.45) is 0 Å². The quantitative estimate of drug-likeness (QED) is 0.288. The predicted octanol–water partition coefficient (Wildman–Crippen LogP) is 5.97. The number of benzene rings is 2. The summed E-state index contributed by atoms with van der Waals surface area (Å²) in [6.07, 6.45) is -5.54. The van der Waals surface area contributed by atoms with Crippen molar-refractivity contribution in [1.29, 1.82) is 5.41 Å². The van der Waals surface area contributed by atoms with Crippen molar-refractivity contribution in [2.45, 2.75) is 51.1 Å². The van der Waals surface area contributed by atoms with E-state index in [0.29, 0.717) is 24.1 Å². The number of nitrogens with two attached hydrogens (primary N) is 1. The van der Waals surface area contributed by atoms with E-state index in [1.165, 1.54) is 18.3 Å². The van der Waals surface area contributed by atoms with Crippen molar-refractivity contribution in [3.63, 3.8) is 0 Å². The average Bonchev–Trinajstić information content (AvgIpc) is 2.67. The molecule has 0 saturated heterocycles. The van der Waals surface area contributed by atoms with Crippen molar-refractivity contribution < 1.29 is 27.1 Å². The molecule has 1 atom stereocenters. The Morgan fingerprint density at radius 1 is 1.07 bits per heavy atom. The first-order chi connectivity index (χ1) is 14.0. The number of rotatable bonds is 7. The molecule has 0 radical (unpaired) electrons. The zero-order valence-electron chi connectivity index (χ0n) is 16.9. The van der Waals surface area contributed by atoms with Crippen molar-refractivity contribution >= 4 is 11.9 Å². The van der Waals surface area contributed by atoms with Gasteiger partial charge in [-0.1, -0.05) is 37.6 Å². The van der Waals surface area contributed by atoms with E-state index in [4.69, 9.17) is 11.1 Å². The second-order valence-corrected chi connectivity index (χ2v) is 7.08. The fourth-order valence-electron chi connectivity index (χ4n) is 3.29. The Labute approximate surface area is 173 Å². The summed E-state index contributed by atoms with van der Waals surface area (Å²) in [5.74, 6) is 0. The fourth-order valence-corrected chi connectivity index (χ4v) is 3.29. The van der Waals surface area contributed by atoms with Crippen LogP contribution in [0.3, 0.4) is 0 Å². The topological polar surface area (TPSA) is 70.1 Å². The number of hydrogen-bond donors (Lipinski definition) is 3. The molecule has 2 aromatic rings. The monoisotopic (exact) mass is 430 g/mol. The van der Waals surface area contributed by atoms with Crippen molar-refractivity contribution in [3.8, 4) is 0 Å². The molecule has 3 nitrogen and oxygen atoms in total. The molecule has 0 bridgehead atoms. The molecule has 0 fully saturated rings. The fraction of sp³-hybridized carbons (Fsp3) is 0.409. The maximum absolute atomic E-state index is 12.7. The number of aliphatic hydroxyl groups is 1. The van der Waals surface area contributed by atoms with Gasteiger partial charge in [0.05, 0.1) is 12.2 Å². The summed E-state index contributed by atoms with van der Waals surface area (Å²) in [4.78, 5) is 0. The summed E-state index contributed by atoms with van der Waals surface area (Å²) in [6.45, 7) is 3.20. The van der Waals surface area contributed by atoms with Gasteiger partial charge in [0.1, 0.15) is 0 Å². The van der Waals surface area contributed by atoms with Crippen LogP contribution in [0.4, 0.5) is 27.6 Å². The third-order valence-corrected chi connectivity index (χ3v) is 4.90. The largest absolute Gasteiger partial charge is 0.416 e. The number of halogens is 5. The zero-order chi connectivity index (χ0) is 22.9. The Bertz CT molecular complexity index is 786. The molecule has 0 heterocycles. The van der Waals surface area contributed by atoms with Crippen molar-refractivity contribution in [2.75, 3.05) is 12.3 Å². The minimum Gasteiger partial charge on any atom is -0.398 e. The molecule has 0 aliphatic heterocycles. The predicted molar refractivity (Wildman–Crippen MR) is 109 cm³/mol. The van der Waals surface area contributed by atoms with Crippen LogP contribution in [-0.4, -0.2) is 24.4 Å². The van der Waals surface area contributed by atoms with Crippen LogP contribution in [0.2, 0.25) is 0 Å². The number of alkyl halides is 5. The standard InChI is InChI=1S/C14H17F5O.C8H10N2/c1-2-7-13(9-20,8-12(15)16)10-3-5-11(6-4-10)14(17,18)19;1-6-3-2-4-8(10)7(6)5-9/h3-6,12,20H,2,7-9H2,1H3;2-5,9H,10H2,1H3. The van der Waals surface area contributed by atoms with Gasteiger partial charge in [0.2, 0.25) is 6.43 Å². The van der Waals surface area contributed by atoms with Crippen LogP contribution in [0.1, 0.15) is 48.4 Å². The summed E-state index contributed by atoms with van der Waals surface area (Å²) in [5.41, 5.74) is 6.42. The van der Waals surface area contributed by atoms with E-state index in [-0.39, 0.29) is 0 Å². The van der Waals surface area contributed by atoms with Gasteiger partial charge in [-0.15, -0.1) is 0 Å². The second-order valence-electron chi connectivity index (χ2n) is 7.08. The molecule has 8 heteroatoms. The molecule has 0 aromatic heterocycles. The number of aliphatic hydroxyl groups excluding tert-OH is 1. The molecule has 0 amide bonds. The van der Waals surface area contributed by atoms with Gasteiger partial charge in [-0.05, 0) is 42.7 Å². The second kappa shape index (κ2) is 11.1. The van der Waals surface area contributed by atoms with E-state index >= 15 is 0 Å². The molecule has 1 unspecified atom stereocenters. The molecule has 4 N–H and O–H groups in total. The molecule has 2 aromatic carbocycles. The minimum atomic E-state index is -4.46. The Hall–Kier alpha value is -2.48. The molecular weight excluding hydrogens is 403 g/mol. The van der Waals surface area contributed by atoms with Gasteiger partial charge in [0.15, 0.2) is 0 Å². The Morgan fingerprint density at radius 2 is 1.63 bits per heavy atom. The van der Waals surface area contributed by atoms with Crippen molar-refractivity contribution in [1.82, 2.24) is 0 Å². The summed E-state index contributed by atoms with van der Waals surface area (Å²) >= 11 is 0. The average molecular weight is 430 g/mol. The van der Waals surface area contributed by atoms with E-state index in [1.54, 1.807) is 13.0 Å². The van der Waals surface area contributed by atoms with Gasteiger partial charge in [-0.2, -0.15) is 13.2 Å². The maximum Gasteiger partial charge on any atom is 0.416 e.